The van der Waals surface area contributed by atoms with Crippen LogP contribution in [0.15, 0.2) is 53.3 Å². The Labute approximate surface area is 169 Å². The van der Waals surface area contributed by atoms with Gasteiger partial charge in [-0.2, -0.15) is 9.67 Å². The van der Waals surface area contributed by atoms with Crippen LogP contribution in [0.3, 0.4) is 0 Å². The molecule has 0 bridgehead atoms. The second-order valence-electron chi connectivity index (χ2n) is 6.39. The van der Waals surface area contributed by atoms with Gasteiger partial charge in [0.15, 0.2) is 5.82 Å². The van der Waals surface area contributed by atoms with Crippen LogP contribution in [-0.4, -0.2) is 26.3 Å². The summed E-state index contributed by atoms with van der Waals surface area (Å²) in [5.41, 5.74) is 0.203. The summed E-state index contributed by atoms with van der Waals surface area (Å²) in [6.07, 6.45) is 0. The molecular weight excluding hydrogens is 401 g/mol. The lowest BCUT2D eigenvalue weighted by atomic mass is 10.2. The predicted molar refractivity (Wildman–Crippen MR) is 103 cm³/mol. The summed E-state index contributed by atoms with van der Waals surface area (Å²) in [6, 6.07) is 12.2. The average molecular weight is 416 g/mol. The van der Waals surface area contributed by atoms with E-state index in [2.05, 4.69) is 10.3 Å². The second kappa shape index (κ2) is 7.51. The molecule has 1 aliphatic rings. The van der Waals surface area contributed by atoms with Crippen molar-refractivity contribution in [3.8, 4) is 0 Å². The van der Waals surface area contributed by atoms with Crippen LogP contribution in [-0.2, 0) is 24.4 Å². The molecule has 2 heterocycles. The Balaban J connectivity index is 1.50. The number of carbonyl (C=O) groups is 2. The van der Waals surface area contributed by atoms with Gasteiger partial charge >= 0.3 is 11.7 Å². The predicted octanol–water partition coefficient (Wildman–Crippen LogP) is 2.14. The smallest absolute Gasteiger partial charge is 0.350 e. The molecule has 4 rings (SSSR count). The molecule has 2 aromatic carbocycles. The summed E-state index contributed by atoms with van der Waals surface area (Å²) in [6.45, 7) is -0.355. The summed E-state index contributed by atoms with van der Waals surface area (Å²) >= 11 is 5.88. The number of fused-ring (bicyclic) bond motifs is 1. The first-order valence-electron chi connectivity index (χ1n) is 8.70. The van der Waals surface area contributed by atoms with Crippen LogP contribution >= 0.6 is 11.6 Å². The average Bonchev–Trinajstić information content (AvgIpc) is 3.17. The summed E-state index contributed by atoms with van der Waals surface area (Å²) in [5, 5.41) is 3.07. The van der Waals surface area contributed by atoms with Crippen molar-refractivity contribution in [3.63, 3.8) is 0 Å². The molecule has 0 radical (unpaired) electrons. The third kappa shape index (κ3) is 3.64. The van der Waals surface area contributed by atoms with Crippen molar-refractivity contribution in [1.82, 2.24) is 19.7 Å². The number of aromatic nitrogens is 3. The van der Waals surface area contributed by atoms with E-state index in [1.807, 2.05) is 0 Å². The molecule has 0 fully saturated rings. The van der Waals surface area contributed by atoms with Gasteiger partial charge in [-0.3, -0.25) is 9.69 Å². The van der Waals surface area contributed by atoms with Crippen LogP contribution in [0.25, 0.3) is 0 Å². The molecule has 1 aromatic heterocycles. The number of nitrogens with zero attached hydrogens (tertiary/aromatic N) is 4. The molecule has 0 atom stereocenters. The highest BCUT2D eigenvalue weighted by Gasteiger charge is 2.33. The summed E-state index contributed by atoms with van der Waals surface area (Å²) < 4.78 is 15.7. The van der Waals surface area contributed by atoms with Gasteiger partial charge < -0.3 is 5.32 Å². The van der Waals surface area contributed by atoms with Crippen molar-refractivity contribution < 1.29 is 14.0 Å². The van der Waals surface area contributed by atoms with E-state index in [0.717, 1.165) is 9.36 Å². The molecule has 1 N–H and O–H groups in total. The van der Waals surface area contributed by atoms with E-state index >= 15 is 0 Å². The second-order valence-corrected chi connectivity index (χ2v) is 6.83. The van der Waals surface area contributed by atoms with E-state index in [9.17, 15) is 18.8 Å². The normalized spacial score (nSPS) is 12.9. The fourth-order valence-corrected chi connectivity index (χ4v) is 3.19. The largest absolute Gasteiger partial charge is 0.365 e. The van der Waals surface area contributed by atoms with Gasteiger partial charge in [-0.05, 0) is 30.3 Å². The number of halogens is 2. The van der Waals surface area contributed by atoms with Gasteiger partial charge in [0.05, 0.1) is 6.54 Å². The first-order valence-corrected chi connectivity index (χ1v) is 9.08. The summed E-state index contributed by atoms with van der Waals surface area (Å²) in [4.78, 5) is 42.5. The van der Waals surface area contributed by atoms with Crippen LogP contribution in [0, 0.1) is 5.82 Å². The fraction of sp³-hybridized carbons (Fsp3) is 0.158. The highest BCUT2D eigenvalue weighted by atomic mass is 35.5. The maximum atomic E-state index is 13.7. The van der Waals surface area contributed by atoms with E-state index in [1.165, 1.54) is 11.0 Å². The number of anilines is 1. The van der Waals surface area contributed by atoms with Crippen LogP contribution in [0.1, 0.15) is 11.4 Å². The Kier molecular flexibility index (Phi) is 4.89. The summed E-state index contributed by atoms with van der Waals surface area (Å²) in [5.74, 6) is -0.753. The van der Waals surface area contributed by atoms with Gasteiger partial charge in [0, 0.05) is 22.8 Å². The highest BCUT2D eigenvalue weighted by Crippen LogP contribution is 2.24. The maximum Gasteiger partial charge on any atom is 0.365 e. The zero-order valence-electron chi connectivity index (χ0n) is 15.0. The number of amides is 2. The molecule has 0 unspecified atom stereocenters. The minimum Gasteiger partial charge on any atom is -0.350 e. The van der Waals surface area contributed by atoms with Gasteiger partial charge in [-0.1, -0.05) is 29.8 Å². The molecular formula is C19H15ClFN5O3. The van der Waals surface area contributed by atoms with Crippen molar-refractivity contribution in [3.05, 3.63) is 81.2 Å². The Bertz CT molecular complexity index is 1160. The van der Waals surface area contributed by atoms with E-state index in [4.69, 9.17) is 11.6 Å². The van der Waals surface area contributed by atoms with Gasteiger partial charge in [0.1, 0.15) is 12.4 Å². The number of hydrogen-bond acceptors (Lipinski definition) is 4. The number of nitrogens with one attached hydrogen (secondary N) is 1. The lowest BCUT2D eigenvalue weighted by molar-refractivity contribution is -0.122. The summed E-state index contributed by atoms with van der Waals surface area (Å²) in [7, 11) is 0. The van der Waals surface area contributed by atoms with E-state index < -0.39 is 30.0 Å². The molecule has 0 saturated heterocycles. The zero-order chi connectivity index (χ0) is 20.5. The van der Waals surface area contributed by atoms with Crippen LogP contribution in [0.2, 0.25) is 5.02 Å². The maximum absolute atomic E-state index is 13.7. The lowest BCUT2D eigenvalue weighted by Gasteiger charge is -2.15. The van der Waals surface area contributed by atoms with Crippen molar-refractivity contribution >= 4 is 29.2 Å². The molecule has 0 aliphatic carbocycles. The Hall–Kier alpha value is -3.46. The first kappa shape index (κ1) is 18.9. The van der Waals surface area contributed by atoms with E-state index in [0.29, 0.717) is 16.3 Å². The lowest BCUT2D eigenvalue weighted by Crippen LogP contribution is -2.38. The zero-order valence-corrected chi connectivity index (χ0v) is 15.8. The monoisotopic (exact) mass is 415 g/mol. The molecule has 3 aromatic rings. The minimum absolute atomic E-state index is 0.0356. The van der Waals surface area contributed by atoms with Crippen LogP contribution in [0.4, 0.5) is 14.9 Å². The molecule has 2 amide bonds. The highest BCUT2D eigenvalue weighted by molar-refractivity contribution is 6.30. The van der Waals surface area contributed by atoms with Gasteiger partial charge in [0.25, 0.3) is 0 Å². The van der Waals surface area contributed by atoms with Gasteiger partial charge in [-0.15, -0.1) is 0 Å². The number of benzene rings is 2. The number of rotatable bonds is 5. The Morgan fingerprint density at radius 2 is 1.86 bits per heavy atom. The minimum atomic E-state index is -0.704. The third-order valence-corrected chi connectivity index (χ3v) is 4.76. The standard InChI is InChI=1S/C19H15ClFN5O3/c20-13-5-7-14(8-6-13)24-10-16-23-18(28)25(26(16)19(24)29)11-17(27)22-9-12-3-1-2-4-15(12)21/h1-8H,9-11H2,(H,22,27). The SMILES string of the molecule is O=C(Cn1c(=O)nc2n1C(=O)N(c1ccc(Cl)cc1)C2)NCc1ccccc1F. The fourth-order valence-electron chi connectivity index (χ4n) is 3.07. The number of hydrogen-bond donors (Lipinski definition) is 1. The molecule has 148 valence electrons. The molecule has 0 saturated carbocycles. The van der Waals surface area contributed by atoms with Crippen molar-refractivity contribution in [2.24, 2.45) is 0 Å². The van der Waals surface area contributed by atoms with Crippen molar-refractivity contribution in [2.75, 3.05) is 4.90 Å². The Morgan fingerprint density at radius 3 is 2.59 bits per heavy atom. The van der Waals surface area contributed by atoms with E-state index in [-0.39, 0.29) is 18.9 Å². The quantitative estimate of drug-likeness (QED) is 0.691. The van der Waals surface area contributed by atoms with Crippen molar-refractivity contribution in [2.45, 2.75) is 19.6 Å². The van der Waals surface area contributed by atoms with E-state index in [1.54, 1.807) is 42.5 Å². The molecule has 0 spiro atoms. The molecule has 29 heavy (non-hydrogen) atoms. The van der Waals surface area contributed by atoms with Crippen LogP contribution < -0.4 is 15.9 Å². The third-order valence-electron chi connectivity index (χ3n) is 4.51. The first-order chi connectivity index (χ1) is 13.9. The Morgan fingerprint density at radius 1 is 1.14 bits per heavy atom. The van der Waals surface area contributed by atoms with Gasteiger partial charge in [0.2, 0.25) is 5.91 Å². The van der Waals surface area contributed by atoms with Crippen molar-refractivity contribution in [1.29, 1.82) is 0 Å². The molecule has 10 heteroatoms. The molecule has 8 nitrogen and oxygen atoms in total. The van der Waals surface area contributed by atoms with Gasteiger partial charge in [-0.25, -0.2) is 18.7 Å². The molecule has 1 aliphatic heterocycles. The number of carbonyl (C=O) groups excluding carboxylic acids is 2. The topological polar surface area (TPSA) is 89.2 Å². The van der Waals surface area contributed by atoms with Crippen LogP contribution in [0.5, 0.6) is 0 Å².